The zero-order chi connectivity index (χ0) is 9.42. The van der Waals surface area contributed by atoms with Crippen LogP contribution in [0.5, 0.6) is 0 Å². The van der Waals surface area contributed by atoms with Crippen molar-refractivity contribution < 1.29 is 9.59 Å². The molecule has 0 aromatic carbocycles. The van der Waals surface area contributed by atoms with Crippen molar-refractivity contribution in [3.05, 3.63) is 9.98 Å². The fourth-order valence-electron chi connectivity index (χ4n) is 0.965. The Kier molecular flexibility index (Phi) is 2.04. The average Bonchev–Trinajstić information content (AvgIpc) is 2.60. The molecular weight excluding hydrogens is 258 g/mol. The van der Waals surface area contributed by atoms with Gasteiger partial charge in [0.2, 0.25) is 5.13 Å². The molecule has 3 amide bonds. The maximum absolute atomic E-state index is 11.2. The average molecular weight is 262 g/mol. The van der Waals surface area contributed by atoms with Gasteiger partial charge in [-0.1, -0.05) is 11.3 Å². The third-order valence-electron chi connectivity index (χ3n) is 1.50. The highest BCUT2D eigenvalue weighted by Gasteiger charge is 2.31. The number of urea groups is 1. The van der Waals surface area contributed by atoms with Gasteiger partial charge in [-0.25, -0.2) is 14.7 Å². The minimum atomic E-state index is -0.410. The van der Waals surface area contributed by atoms with Crippen molar-refractivity contribution in [2.24, 2.45) is 0 Å². The van der Waals surface area contributed by atoms with Gasteiger partial charge >= 0.3 is 6.03 Å². The van der Waals surface area contributed by atoms with Gasteiger partial charge < -0.3 is 5.32 Å². The highest BCUT2D eigenvalue weighted by molar-refractivity contribution is 9.11. The normalized spacial score (nSPS) is 16.5. The lowest BCUT2D eigenvalue weighted by Gasteiger charge is -2.05. The van der Waals surface area contributed by atoms with Crippen LogP contribution in [-0.4, -0.2) is 23.5 Å². The molecule has 2 heterocycles. The Hall–Kier alpha value is -0.950. The molecule has 0 unspecified atom stereocenters. The van der Waals surface area contributed by atoms with E-state index >= 15 is 0 Å². The third-order valence-corrected chi connectivity index (χ3v) is 2.96. The molecule has 0 spiro atoms. The number of hydrogen-bond acceptors (Lipinski definition) is 4. The van der Waals surface area contributed by atoms with Gasteiger partial charge in [0.15, 0.2) is 0 Å². The highest BCUT2D eigenvalue weighted by atomic mass is 79.9. The number of rotatable bonds is 1. The molecule has 1 fully saturated rings. The van der Waals surface area contributed by atoms with Gasteiger partial charge in [-0.05, 0) is 15.9 Å². The molecule has 1 aliphatic heterocycles. The topological polar surface area (TPSA) is 62.3 Å². The molecule has 2 rings (SSSR count). The number of aromatic nitrogens is 1. The van der Waals surface area contributed by atoms with Crippen LogP contribution in [0.15, 0.2) is 9.98 Å². The molecule has 0 radical (unpaired) electrons. The number of thiazole rings is 1. The standard InChI is InChI=1S/C6H4BrN3O2S/c7-3-1-9-6(13-3)10-4(11)2-8-5(10)12/h1H,2H2,(H,8,12). The van der Waals surface area contributed by atoms with Gasteiger partial charge in [-0.3, -0.25) is 4.79 Å². The minimum Gasteiger partial charge on any atom is -0.328 e. The van der Waals surface area contributed by atoms with Crippen LogP contribution >= 0.6 is 27.3 Å². The molecule has 1 aromatic heterocycles. The van der Waals surface area contributed by atoms with Crippen LogP contribution in [-0.2, 0) is 4.79 Å². The molecular formula is C6H4BrN3O2S. The van der Waals surface area contributed by atoms with Gasteiger partial charge in [0, 0.05) is 0 Å². The lowest BCUT2D eigenvalue weighted by molar-refractivity contribution is -0.115. The van der Waals surface area contributed by atoms with E-state index in [1.54, 1.807) is 6.20 Å². The molecule has 7 heteroatoms. The summed E-state index contributed by atoms with van der Waals surface area (Å²) < 4.78 is 0.787. The second-order valence-electron chi connectivity index (χ2n) is 2.33. The molecule has 0 atom stereocenters. The molecule has 1 aliphatic rings. The van der Waals surface area contributed by atoms with Crippen molar-refractivity contribution in [1.82, 2.24) is 10.3 Å². The quantitative estimate of drug-likeness (QED) is 0.767. The number of anilines is 1. The predicted molar refractivity (Wildman–Crippen MR) is 50.7 cm³/mol. The molecule has 0 saturated carbocycles. The van der Waals surface area contributed by atoms with Gasteiger partial charge in [0.05, 0.1) is 16.5 Å². The molecule has 1 saturated heterocycles. The smallest absolute Gasteiger partial charge is 0.328 e. The Bertz CT molecular complexity index is 362. The van der Waals surface area contributed by atoms with E-state index in [0.717, 1.165) is 8.69 Å². The highest BCUT2D eigenvalue weighted by Crippen LogP contribution is 2.27. The van der Waals surface area contributed by atoms with Crippen molar-refractivity contribution in [2.45, 2.75) is 0 Å². The maximum Gasteiger partial charge on any atom is 0.331 e. The Balaban J connectivity index is 2.35. The van der Waals surface area contributed by atoms with Crippen LogP contribution in [0.4, 0.5) is 9.93 Å². The number of nitrogens with one attached hydrogen (secondary N) is 1. The maximum atomic E-state index is 11.2. The summed E-state index contributed by atoms with van der Waals surface area (Å²) in [6, 6.07) is -0.410. The zero-order valence-corrected chi connectivity index (χ0v) is 8.68. The second kappa shape index (κ2) is 3.08. The summed E-state index contributed by atoms with van der Waals surface area (Å²) in [5.41, 5.74) is 0. The fraction of sp³-hybridized carbons (Fsp3) is 0.167. The van der Waals surface area contributed by atoms with Crippen LogP contribution in [0.2, 0.25) is 0 Å². The Labute approximate surface area is 85.9 Å². The zero-order valence-electron chi connectivity index (χ0n) is 6.28. The first-order valence-corrected chi connectivity index (χ1v) is 5.01. The largest absolute Gasteiger partial charge is 0.331 e. The predicted octanol–water partition coefficient (Wildman–Crippen LogP) is 0.962. The van der Waals surface area contributed by atoms with Gasteiger partial charge in [-0.2, -0.15) is 0 Å². The van der Waals surface area contributed by atoms with E-state index in [-0.39, 0.29) is 12.5 Å². The summed E-state index contributed by atoms with van der Waals surface area (Å²) in [6.45, 7) is 0.0516. The van der Waals surface area contributed by atoms with E-state index in [9.17, 15) is 9.59 Å². The van der Waals surface area contributed by atoms with Crippen LogP contribution < -0.4 is 10.2 Å². The molecule has 1 N–H and O–H groups in total. The number of nitrogens with zero attached hydrogens (tertiary/aromatic N) is 2. The Morgan fingerprint density at radius 3 is 2.85 bits per heavy atom. The summed E-state index contributed by atoms with van der Waals surface area (Å²) in [5.74, 6) is -0.271. The summed E-state index contributed by atoms with van der Waals surface area (Å²) in [5, 5.41) is 2.81. The number of hydrogen-bond donors (Lipinski definition) is 1. The van der Waals surface area contributed by atoms with Crippen LogP contribution in [0.3, 0.4) is 0 Å². The lowest BCUT2D eigenvalue weighted by atomic mass is 10.6. The number of carbonyl (C=O) groups is 2. The fourth-order valence-corrected chi connectivity index (χ4v) is 2.16. The second-order valence-corrected chi connectivity index (χ2v) is 4.72. The number of carbonyl (C=O) groups excluding carboxylic acids is 2. The minimum absolute atomic E-state index is 0.0516. The lowest BCUT2D eigenvalue weighted by Crippen LogP contribution is -2.30. The van der Waals surface area contributed by atoms with E-state index in [1.165, 1.54) is 11.3 Å². The Morgan fingerprint density at radius 2 is 2.38 bits per heavy atom. The summed E-state index contributed by atoms with van der Waals surface area (Å²) in [7, 11) is 0. The van der Waals surface area contributed by atoms with Crippen molar-refractivity contribution in [3.63, 3.8) is 0 Å². The van der Waals surface area contributed by atoms with E-state index in [2.05, 4.69) is 26.2 Å². The number of halogens is 1. The molecule has 13 heavy (non-hydrogen) atoms. The SMILES string of the molecule is O=C1CNC(=O)N1c1ncc(Br)s1. The van der Waals surface area contributed by atoms with Crippen LogP contribution in [0, 0.1) is 0 Å². The first kappa shape index (κ1) is 8.64. The van der Waals surface area contributed by atoms with Crippen LogP contribution in [0.25, 0.3) is 0 Å². The summed E-state index contributed by atoms with van der Waals surface area (Å²) in [6.07, 6.45) is 1.55. The van der Waals surface area contributed by atoms with E-state index in [1.807, 2.05) is 0 Å². The number of amides is 3. The van der Waals surface area contributed by atoms with Crippen LogP contribution in [0.1, 0.15) is 0 Å². The van der Waals surface area contributed by atoms with Crippen molar-refractivity contribution in [1.29, 1.82) is 0 Å². The van der Waals surface area contributed by atoms with Gasteiger partial charge in [0.1, 0.15) is 0 Å². The summed E-state index contributed by atoms with van der Waals surface area (Å²) in [4.78, 5) is 27.3. The third kappa shape index (κ3) is 1.44. The number of imide groups is 1. The first-order chi connectivity index (χ1) is 6.18. The first-order valence-electron chi connectivity index (χ1n) is 3.40. The van der Waals surface area contributed by atoms with Gasteiger partial charge in [0.25, 0.3) is 5.91 Å². The van der Waals surface area contributed by atoms with E-state index in [0.29, 0.717) is 5.13 Å². The molecule has 68 valence electrons. The Morgan fingerprint density at radius 1 is 1.62 bits per heavy atom. The molecule has 0 aliphatic carbocycles. The van der Waals surface area contributed by atoms with Crippen molar-refractivity contribution in [3.8, 4) is 0 Å². The van der Waals surface area contributed by atoms with E-state index in [4.69, 9.17) is 0 Å². The van der Waals surface area contributed by atoms with E-state index < -0.39 is 6.03 Å². The molecule has 5 nitrogen and oxygen atoms in total. The molecule has 0 bridgehead atoms. The van der Waals surface area contributed by atoms with Gasteiger partial charge in [-0.15, -0.1) is 0 Å². The monoisotopic (exact) mass is 261 g/mol. The molecule has 1 aromatic rings. The van der Waals surface area contributed by atoms with Crippen molar-refractivity contribution in [2.75, 3.05) is 11.4 Å². The van der Waals surface area contributed by atoms with Crippen molar-refractivity contribution >= 4 is 44.3 Å². The summed E-state index contributed by atoms with van der Waals surface area (Å²) >= 11 is 4.45.